The van der Waals surface area contributed by atoms with Gasteiger partial charge in [-0.1, -0.05) is 71.6 Å². The fourth-order valence-electron chi connectivity index (χ4n) is 2.10. The van der Waals surface area contributed by atoms with Gasteiger partial charge in [-0.2, -0.15) is 0 Å². The summed E-state index contributed by atoms with van der Waals surface area (Å²) in [5, 5.41) is 1.37. The summed E-state index contributed by atoms with van der Waals surface area (Å²) >= 11 is 0. The van der Waals surface area contributed by atoms with Crippen LogP contribution in [-0.2, 0) is 4.79 Å². The Morgan fingerprint density at radius 2 is 1.28 bits per heavy atom. The van der Waals surface area contributed by atoms with E-state index in [1.165, 1.54) is 62.8 Å². The number of rotatable bonds is 12. The summed E-state index contributed by atoms with van der Waals surface area (Å²) in [4.78, 5) is 11.2. The van der Waals surface area contributed by atoms with Crippen LogP contribution in [0.3, 0.4) is 0 Å². The van der Waals surface area contributed by atoms with E-state index in [0.717, 1.165) is 6.42 Å². The van der Waals surface area contributed by atoms with Crippen LogP contribution in [0.15, 0.2) is 0 Å². The maximum atomic E-state index is 11.2. The molecule has 2 N–H and O–H groups in total. The molecule has 0 fully saturated rings. The molecule has 0 aliphatic carbocycles. The van der Waals surface area contributed by atoms with Crippen molar-refractivity contribution < 1.29 is 4.79 Å². The van der Waals surface area contributed by atoms with Crippen LogP contribution in [-0.4, -0.2) is 17.5 Å². The average molecular weight is 256 g/mol. The van der Waals surface area contributed by atoms with Crippen molar-refractivity contribution in [2.75, 3.05) is 6.54 Å². The normalized spacial score (nSPS) is 10.6. The molecule has 0 spiro atoms. The first kappa shape index (κ1) is 17.4. The van der Waals surface area contributed by atoms with Gasteiger partial charge < -0.3 is 0 Å². The van der Waals surface area contributed by atoms with Crippen LogP contribution in [0.25, 0.3) is 0 Å². The first-order valence-corrected chi connectivity index (χ1v) is 7.77. The van der Waals surface area contributed by atoms with E-state index in [9.17, 15) is 4.79 Å². The minimum Gasteiger partial charge on any atom is -0.281 e. The zero-order valence-electron chi connectivity index (χ0n) is 12.4. The first-order chi connectivity index (χ1) is 8.72. The Morgan fingerprint density at radius 1 is 0.833 bits per heavy atom. The van der Waals surface area contributed by atoms with Crippen molar-refractivity contribution in [2.45, 2.75) is 84.5 Å². The highest BCUT2D eigenvalue weighted by molar-refractivity contribution is 5.75. The second-order valence-corrected chi connectivity index (χ2v) is 5.12. The molecular weight excluding hydrogens is 224 g/mol. The topological polar surface area (TPSA) is 46.3 Å². The zero-order chi connectivity index (χ0) is 13.6. The van der Waals surface area contributed by atoms with E-state index >= 15 is 0 Å². The van der Waals surface area contributed by atoms with Gasteiger partial charge in [0.25, 0.3) is 0 Å². The Morgan fingerprint density at radius 3 is 1.72 bits per heavy atom. The van der Waals surface area contributed by atoms with Gasteiger partial charge in [0.1, 0.15) is 0 Å². The van der Waals surface area contributed by atoms with Gasteiger partial charge in [-0.3, -0.25) is 9.80 Å². The van der Waals surface area contributed by atoms with E-state index in [1.54, 1.807) is 0 Å². The SMILES string of the molecule is CCCCCCCCCCCCN(N)C(=O)CC. The lowest BCUT2D eigenvalue weighted by atomic mass is 10.1. The molecule has 0 rings (SSSR count). The number of hydrazine groups is 1. The van der Waals surface area contributed by atoms with E-state index in [1.807, 2.05) is 6.92 Å². The van der Waals surface area contributed by atoms with Gasteiger partial charge in [-0.25, -0.2) is 5.84 Å². The monoisotopic (exact) mass is 256 g/mol. The van der Waals surface area contributed by atoms with Crippen molar-refractivity contribution in [3.63, 3.8) is 0 Å². The van der Waals surface area contributed by atoms with Crippen LogP contribution in [0.1, 0.15) is 84.5 Å². The highest BCUT2D eigenvalue weighted by Crippen LogP contribution is 2.10. The summed E-state index contributed by atoms with van der Waals surface area (Å²) in [6.45, 7) is 4.81. The molecule has 0 radical (unpaired) electrons. The van der Waals surface area contributed by atoms with E-state index in [4.69, 9.17) is 5.84 Å². The number of amides is 1. The Bertz CT molecular complexity index is 195. The largest absolute Gasteiger partial charge is 0.281 e. The second kappa shape index (κ2) is 12.9. The van der Waals surface area contributed by atoms with Crippen molar-refractivity contribution in [3.8, 4) is 0 Å². The molecule has 0 aliphatic rings. The molecule has 0 bridgehead atoms. The zero-order valence-corrected chi connectivity index (χ0v) is 12.4. The number of carbonyl (C=O) groups is 1. The molecule has 1 amide bonds. The van der Waals surface area contributed by atoms with Gasteiger partial charge in [0.05, 0.1) is 0 Å². The Balaban J connectivity index is 3.14. The minimum absolute atomic E-state index is 0.0472. The third-order valence-corrected chi connectivity index (χ3v) is 3.38. The standard InChI is InChI=1S/C15H32N2O/c1-3-5-6-7-8-9-10-11-12-13-14-17(16)15(18)4-2/h3-14,16H2,1-2H3. The van der Waals surface area contributed by atoms with E-state index < -0.39 is 0 Å². The van der Waals surface area contributed by atoms with Crippen molar-refractivity contribution in [1.29, 1.82) is 0 Å². The average Bonchev–Trinajstić information content (AvgIpc) is 2.39. The lowest BCUT2D eigenvalue weighted by molar-refractivity contribution is -0.131. The van der Waals surface area contributed by atoms with Crippen LogP contribution in [0.4, 0.5) is 0 Å². The van der Waals surface area contributed by atoms with Crippen molar-refractivity contribution in [3.05, 3.63) is 0 Å². The number of carbonyl (C=O) groups excluding carboxylic acids is 1. The maximum Gasteiger partial charge on any atom is 0.236 e. The number of nitrogens with zero attached hydrogens (tertiary/aromatic N) is 1. The number of hydrogen-bond donors (Lipinski definition) is 1. The molecule has 0 saturated heterocycles. The fraction of sp³-hybridized carbons (Fsp3) is 0.933. The van der Waals surface area contributed by atoms with Crippen LogP contribution in [0, 0.1) is 0 Å². The van der Waals surface area contributed by atoms with Crippen LogP contribution < -0.4 is 5.84 Å². The van der Waals surface area contributed by atoms with Crippen molar-refractivity contribution >= 4 is 5.91 Å². The van der Waals surface area contributed by atoms with Crippen LogP contribution in [0.2, 0.25) is 0 Å². The molecule has 0 aromatic heterocycles. The molecule has 3 heteroatoms. The highest BCUT2D eigenvalue weighted by Gasteiger charge is 2.04. The molecule has 3 nitrogen and oxygen atoms in total. The predicted molar refractivity (Wildman–Crippen MR) is 78.0 cm³/mol. The number of hydrogen-bond acceptors (Lipinski definition) is 2. The van der Waals surface area contributed by atoms with Gasteiger partial charge >= 0.3 is 0 Å². The summed E-state index contributed by atoms with van der Waals surface area (Å²) in [6, 6.07) is 0. The van der Waals surface area contributed by atoms with Gasteiger partial charge in [0.15, 0.2) is 0 Å². The van der Waals surface area contributed by atoms with E-state index in [0.29, 0.717) is 13.0 Å². The molecular formula is C15H32N2O. The maximum absolute atomic E-state index is 11.2. The summed E-state index contributed by atoms with van der Waals surface area (Å²) in [5.41, 5.74) is 0. The van der Waals surface area contributed by atoms with Gasteiger partial charge in [-0.05, 0) is 6.42 Å². The van der Waals surface area contributed by atoms with E-state index in [-0.39, 0.29) is 5.91 Å². The number of nitrogens with two attached hydrogens (primary N) is 1. The summed E-state index contributed by atoms with van der Waals surface area (Å²) in [6.07, 6.45) is 13.6. The minimum atomic E-state index is 0.0472. The summed E-state index contributed by atoms with van der Waals surface area (Å²) in [5.74, 6) is 5.67. The van der Waals surface area contributed by atoms with Crippen molar-refractivity contribution in [2.24, 2.45) is 5.84 Å². The molecule has 0 atom stereocenters. The van der Waals surface area contributed by atoms with Crippen LogP contribution >= 0.6 is 0 Å². The lowest BCUT2D eigenvalue weighted by Crippen LogP contribution is -2.37. The highest BCUT2D eigenvalue weighted by atomic mass is 16.2. The van der Waals surface area contributed by atoms with Crippen molar-refractivity contribution in [1.82, 2.24) is 5.01 Å². The van der Waals surface area contributed by atoms with Crippen LogP contribution in [0.5, 0.6) is 0 Å². The van der Waals surface area contributed by atoms with Gasteiger partial charge in [0, 0.05) is 13.0 Å². The lowest BCUT2D eigenvalue weighted by Gasteiger charge is -2.15. The smallest absolute Gasteiger partial charge is 0.236 e. The molecule has 0 unspecified atom stereocenters. The first-order valence-electron chi connectivity index (χ1n) is 7.77. The second-order valence-electron chi connectivity index (χ2n) is 5.12. The molecule has 0 aliphatic heterocycles. The number of unbranched alkanes of at least 4 members (excludes halogenated alkanes) is 9. The molecule has 0 heterocycles. The molecule has 108 valence electrons. The fourth-order valence-corrected chi connectivity index (χ4v) is 2.10. The van der Waals surface area contributed by atoms with Gasteiger partial charge in [0.2, 0.25) is 5.91 Å². The Hall–Kier alpha value is -0.570. The molecule has 0 saturated carbocycles. The summed E-state index contributed by atoms with van der Waals surface area (Å²) < 4.78 is 0. The molecule has 0 aromatic carbocycles. The Kier molecular flexibility index (Phi) is 12.5. The van der Waals surface area contributed by atoms with Gasteiger partial charge in [-0.15, -0.1) is 0 Å². The quantitative estimate of drug-likeness (QED) is 0.248. The third-order valence-electron chi connectivity index (χ3n) is 3.38. The third kappa shape index (κ3) is 10.6. The summed E-state index contributed by atoms with van der Waals surface area (Å²) in [7, 11) is 0. The molecule has 18 heavy (non-hydrogen) atoms. The Labute approximate surface area is 113 Å². The van der Waals surface area contributed by atoms with E-state index in [2.05, 4.69) is 6.92 Å². The molecule has 0 aromatic rings. The predicted octanol–water partition coefficient (Wildman–Crippen LogP) is 4.02.